The molecule has 2 aliphatic rings. The molecule has 144 valence electrons. The predicted octanol–water partition coefficient (Wildman–Crippen LogP) is 2.82. The number of carbonyl (C=O) groups is 2. The van der Waals surface area contributed by atoms with Crippen LogP contribution in [0.3, 0.4) is 0 Å². The Labute approximate surface area is 160 Å². The van der Waals surface area contributed by atoms with Crippen LogP contribution in [0, 0.1) is 10.1 Å². The van der Waals surface area contributed by atoms with Gasteiger partial charge in [0.15, 0.2) is 0 Å². The van der Waals surface area contributed by atoms with Gasteiger partial charge in [-0.15, -0.1) is 0 Å². The van der Waals surface area contributed by atoms with Gasteiger partial charge < -0.3 is 15.3 Å². The van der Waals surface area contributed by atoms with Crippen LogP contribution in [0.15, 0.2) is 42.5 Å². The van der Waals surface area contributed by atoms with E-state index in [1.54, 1.807) is 0 Å². The van der Waals surface area contributed by atoms with Gasteiger partial charge in [0.1, 0.15) is 11.7 Å². The average Bonchev–Trinajstić information content (AvgIpc) is 3.50. The Hall–Kier alpha value is -3.42. The molecule has 0 spiro atoms. The van der Waals surface area contributed by atoms with Crippen molar-refractivity contribution in [1.82, 2.24) is 4.90 Å². The number of anilines is 1. The number of aliphatic carboxylic acids is 1. The molecule has 1 amide bonds. The molecule has 1 atom stereocenters. The molecule has 28 heavy (non-hydrogen) atoms. The van der Waals surface area contributed by atoms with E-state index in [0.717, 1.165) is 24.0 Å². The van der Waals surface area contributed by atoms with Gasteiger partial charge in [-0.2, -0.15) is 0 Å². The van der Waals surface area contributed by atoms with Crippen molar-refractivity contribution in [3.63, 3.8) is 0 Å². The molecule has 1 unspecified atom stereocenters. The third-order valence-electron chi connectivity index (χ3n) is 5.17. The molecule has 0 bridgehead atoms. The first kappa shape index (κ1) is 18.0. The molecule has 2 aromatic rings. The van der Waals surface area contributed by atoms with Crippen molar-refractivity contribution in [3.8, 4) is 0 Å². The molecule has 2 N–H and O–H groups in total. The highest BCUT2D eigenvalue weighted by molar-refractivity contribution is 5.98. The highest BCUT2D eigenvalue weighted by atomic mass is 16.6. The van der Waals surface area contributed by atoms with Crippen LogP contribution >= 0.6 is 0 Å². The summed E-state index contributed by atoms with van der Waals surface area (Å²) in [5.41, 5.74) is 2.09. The number of carbonyl (C=O) groups excluding carboxylic acids is 1. The number of benzene rings is 2. The Morgan fingerprint density at radius 2 is 1.86 bits per heavy atom. The second-order valence-corrected chi connectivity index (χ2v) is 7.17. The standard InChI is InChI=1S/C20H19N3O5/c24-19(13-5-8-16(21-15-6-7-15)17(10-13)23(27)28)22-11-14-4-2-1-3-12(14)9-18(22)20(25)26/h1-5,8,10,15,18,21H,6-7,9,11H2,(H,25,26). The van der Waals surface area contributed by atoms with Gasteiger partial charge in [-0.1, -0.05) is 24.3 Å². The number of nitro groups is 1. The monoisotopic (exact) mass is 381 g/mol. The van der Waals surface area contributed by atoms with E-state index < -0.39 is 22.8 Å². The van der Waals surface area contributed by atoms with Gasteiger partial charge in [-0.05, 0) is 36.1 Å². The fraction of sp³-hybridized carbons (Fsp3) is 0.300. The second kappa shape index (κ2) is 6.95. The number of rotatable bonds is 5. The largest absolute Gasteiger partial charge is 0.480 e. The summed E-state index contributed by atoms with van der Waals surface area (Å²) in [6.45, 7) is 0.155. The summed E-state index contributed by atoms with van der Waals surface area (Å²) in [5.74, 6) is -1.62. The molecule has 0 radical (unpaired) electrons. The van der Waals surface area contributed by atoms with Crippen molar-refractivity contribution in [1.29, 1.82) is 0 Å². The van der Waals surface area contributed by atoms with Crippen LogP contribution in [-0.2, 0) is 17.8 Å². The topological polar surface area (TPSA) is 113 Å². The van der Waals surface area contributed by atoms with E-state index >= 15 is 0 Å². The van der Waals surface area contributed by atoms with E-state index in [-0.39, 0.29) is 30.3 Å². The Bertz CT molecular complexity index is 970. The maximum atomic E-state index is 13.1. The van der Waals surface area contributed by atoms with Crippen molar-refractivity contribution < 1.29 is 19.6 Å². The number of carboxylic acids is 1. The summed E-state index contributed by atoms with van der Waals surface area (Å²) >= 11 is 0. The molecule has 1 saturated carbocycles. The van der Waals surface area contributed by atoms with Crippen molar-refractivity contribution in [2.45, 2.75) is 37.9 Å². The fourth-order valence-corrected chi connectivity index (χ4v) is 3.51. The van der Waals surface area contributed by atoms with Crippen molar-refractivity contribution in [3.05, 3.63) is 69.3 Å². The van der Waals surface area contributed by atoms with E-state index in [2.05, 4.69) is 5.32 Å². The van der Waals surface area contributed by atoms with Crippen LogP contribution in [0.1, 0.15) is 34.3 Å². The summed E-state index contributed by atoms with van der Waals surface area (Å²) in [6, 6.07) is 10.9. The summed E-state index contributed by atoms with van der Waals surface area (Å²) in [4.78, 5) is 37.0. The van der Waals surface area contributed by atoms with Crippen molar-refractivity contribution in [2.24, 2.45) is 0 Å². The van der Waals surface area contributed by atoms with E-state index in [0.29, 0.717) is 5.69 Å². The molecule has 0 saturated heterocycles. The fourth-order valence-electron chi connectivity index (χ4n) is 3.51. The van der Waals surface area contributed by atoms with Gasteiger partial charge in [0.25, 0.3) is 11.6 Å². The van der Waals surface area contributed by atoms with Crippen LogP contribution in [0.4, 0.5) is 11.4 Å². The second-order valence-electron chi connectivity index (χ2n) is 7.17. The third-order valence-corrected chi connectivity index (χ3v) is 5.17. The van der Waals surface area contributed by atoms with E-state index in [1.807, 2.05) is 24.3 Å². The smallest absolute Gasteiger partial charge is 0.326 e. The highest BCUT2D eigenvalue weighted by Gasteiger charge is 2.35. The van der Waals surface area contributed by atoms with Gasteiger partial charge in [0.2, 0.25) is 0 Å². The molecular formula is C20H19N3O5. The van der Waals surface area contributed by atoms with Gasteiger partial charge in [0, 0.05) is 30.6 Å². The average molecular weight is 381 g/mol. The molecule has 1 heterocycles. The van der Waals surface area contributed by atoms with Gasteiger partial charge >= 0.3 is 5.97 Å². The third kappa shape index (κ3) is 3.40. The lowest BCUT2D eigenvalue weighted by molar-refractivity contribution is -0.384. The lowest BCUT2D eigenvalue weighted by Crippen LogP contribution is -2.48. The molecule has 1 aliphatic carbocycles. The first-order valence-electron chi connectivity index (χ1n) is 9.09. The minimum atomic E-state index is -1.09. The Balaban J connectivity index is 1.66. The number of hydrogen-bond acceptors (Lipinski definition) is 5. The SMILES string of the molecule is O=C(O)C1Cc2ccccc2CN1C(=O)c1ccc(NC2CC2)c([N+](=O)[O-])c1. The quantitative estimate of drug-likeness (QED) is 0.608. The van der Waals surface area contributed by atoms with E-state index in [9.17, 15) is 24.8 Å². The number of nitro benzene ring substituents is 1. The molecule has 2 aromatic carbocycles. The number of nitrogens with one attached hydrogen (secondary N) is 1. The molecule has 1 aliphatic heterocycles. The zero-order valence-electron chi connectivity index (χ0n) is 15.0. The Kier molecular flexibility index (Phi) is 4.46. The minimum absolute atomic E-state index is 0.110. The van der Waals surface area contributed by atoms with Crippen LogP contribution in [0.5, 0.6) is 0 Å². The van der Waals surface area contributed by atoms with Crippen LogP contribution in [-0.4, -0.2) is 38.9 Å². The predicted molar refractivity (Wildman–Crippen MR) is 101 cm³/mol. The number of amides is 1. The van der Waals surface area contributed by atoms with Gasteiger partial charge in [-0.25, -0.2) is 4.79 Å². The van der Waals surface area contributed by atoms with Crippen LogP contribution in [0.25, 0.3) is 0 Å². The first-order chi connectivity index (χ1) is 13.4. The Morgan fingerprint density at radius 1 is 1.14 bits per heavy atom. The maximum absolute atomic E-state index is 13.1. The Morgan fingerprint density at radius 3 is 2.50 bits per heavy atom. The first-order valence-corrected chi connectivity index (χ1v) is 9.09. The molecule has 8 heteroatoms. The van der Waals surface area contributed by atoms with E-state index in [4.69, 9.17) is 0 Å². The highest BCUT2D eigenvalue weighted by Crippen LogP contribution is 2.33. The van der Waals surface area contributed by atoms with Crippen molar-refractivity contribution >= 4 is 23.3 Å². The number of fused-ring (bicyclic) bond motifs is 1. The number of hydrogen-bond donors (Lipinski definition) is 2. The van der Waals surface area contributed by atoms with Crippen LogP contribution < -0.4 is 5.32 Å². The van der Waals surface area contributed by atoms with Gasteiger partial charge in [-0.3, -0.25) is 14.9 Å². The van der Waals surface area contributed by atoms with Gasteiger partial charge in [0.05, 0.1) is 4.92 Å². The molecule has 4 rings (SSSR count). The van der Waals surface area contributed by atoms with Crippen LogP contribution in [0.2, 0.25) is 0 Å². The summed E-state index contributed by atoms with van der Waals surface area (Å²) < 4.78 is 0. The lowest BCUT2D eigenvalue weighted by Gasteiger charge is -2.34. The molecular weight excluding hydrogens is 362 g/mol. The molecule has 0 aromatic heterocycles. The normalized spacial score (nSPS) is 18.3. The molecule has 8 nitrogen and oxygen atoms in total. The maximum Gasteiger partial charge on any atom is 0.326 e. The zero-order chi connectivity index (χ0) is 19.8. The summed E-state index contributed by atoms with van der Waals surface area (Å²) in [6.07, 6.45) is 2.14. The molecule has 1 fully saturated rings. The van der Waals surface area contributed by atoms with E-state index in [1.165, 1.54) is 23.1 Å². The zero-order valence-corrected chi connectivity index (χ0v) is 15.0. The lowest BCUT2D eigenvalue weighted by atomic mass is 9.93. The minimum Gasteiger partial charge on any atom is -0.480 e. The summed E-state index contributed by atoms with van der Waals surface area (Å²) in [7, 11) is 0. The summed E-state index contributed by atoms with van der Waals surface area (Å²) in [5, 5.41) is 24.2. The van der Waals surface area contributed by atoms with Crippen molar-refractivity contribution in [2.75, 3.05) is 5.32 Å². The number of nitrogens with zero attached hydrogens (tertiary/aromatic N) is 2. The number of carboxylic acid groups (broad SMARTS) is 1.